The molecule has 0 aromatic heterocycles. The molecule has 2 rings (SSSR count). The van der Waals surface area contributed by atoms with Crippen LogP contribution in [0, 0.1) is 11.8 Å². The first kappa shape index (κ1) is 24.2. The molecule has 0 amide bonds. The van der Waals surface area contributed by atoms with E-state index in [1.807, 2.05) is 19.9 Å². The molecular formula is C21H32BNO7. The van der Waals surface area contributed by atoms with E-state index < -0.39 is 25.3 Å². The van der Waals surface area contributed by atoms with Gasteiger partial charge in [0.25, 0.3) is 0 Å². The van der Waals surface area contributed by atoms with E-state index in [-0.39, 0.29) is 37.6 Å². The number of carbonyl (C=O) groups is 2. The van der Waals surface area contributed by atoms with Crippen molar-refractivity contribution < 1.29 is 33.5 Å². The van der Waals surface area contributed by atoms with E-state index in [1.54, 1.807) is 26.0 Å². The van der Waals surface area contributed by atoms with Crippen molar-refractivity contribution in [2.75, 3.05) is 19.8 Å². The molecule has 3 N–H and O–H groups in total. The zero-order valence-corrected chi connectivity index (χ0v) is 18.1. The van der Waals surface area contributed by atoms with E-state index in [0.29, 0.717) is 24.1 Å². The van der Waals surface area contributed by atoms with Gasteiger partial charge in [-0.3, -0.25) is 9.59 Å². The maximum absolute atomic E-state index is 12.2. The average Bonchev–Trinajstić information content (AvgIpc) is 3.07. The summed E-state index contributed by atoms with van der Waals surface area (Å²) in [4.78, 5) is 24.3. The minimum absolute atomic E-state index is 0.0366. The summed E-state index contributed by atoms with van der Waals surface area (Å²) in [6, 6.07) is 5.30. The van der Waals surface area contributed by atoms with E-state index in [4.69, 9.17) is 24.6 Å². The molecule has 0 aliphatic carbocycles. The van der Waals surface area contributed by atoms with Crippen LogP contribution in [0.2, 0.25) is 0 Å². The van der Waals surface area contributed by atoms with Crippen LogP contribution >= 0.6 is 0 Å². The maximum Gasteiger partial charge on any atom is 0.495 e. The van der Waals surface area contributed by atoms with Crippen LogP contribution in [0.4, 0.5) is 0 Å². The van der Waals surface area contributed by atoms with Gasteiger partial charge in [0.15, 0.2) is 6.10 Å². The van der Waals surface area contributed by atoms with Crippen molar-refractivity contribution in [2.24, 2.45) is 17.6 Å². The summed E-state index contributed by atoms with van der Waals surface area (Å²) in [6.07, 6.45) is 0.171. The Balaban J connectivity index is 2.09. The fraction of sp³-hybridized carbons (Fsp3) is 0.619. The molecule has 0 bridgehead atoms. The number of ether oxygens (including phenoxy) is 3. The molecule has 1 heterocycles. The number of esters is 2. The third kappa shape index (κ3) is 5.96. The fourth-order valence-electron chi connectivity index (χ4n) is 3.23. The van der Waals surface area contributed by atoms with Crippen LogP contribution in [-0.4, -0.2) is 49.9 Å². The van der Waals surface area contributed by atoms with Gasteiger partial charge in [-0.1, -0.05) is 39.8 Å². The monoisotopic (exact) mass is 421 g/mol. The van der Waals surface area contributed by atoms with E-state index in [2.05, 4.69) is 0 Å². The lowest BCUT2D eigenvalue weighted by atomic mass is 9.78. The molecule has 30 heavy (non-hydrogen) atoms. The summed E-state index contributed by atoms with van der Waals surface area (Å²) in [5.74, 6) is -0.838. The molecule has 1 aliphatic rings. The van der Waals surface area contributed by atoms with Crippen molar-refractivity contribution in [3.8, 4) is 5.75 Å². The zero-order chi connectivity index (χ0) is 22.3. The van der Waals surface area contributed by atoms with Crippen molar-refractivity contribution in [1.82, 2.24) is 0 Å². The first-order valence-electron chi connectivity index (χ1n) is 10.5. The number of nitrogens with two attached hydrogens (primary N) is 1. The van der Waals surface area contributed by atoms with Gasteiger partial charge in [-0.15, -0.1) is 0 Å². The SMILES string of the molecule is CCC(CC)C(=O)OC[C@H](COc1cccc2c1B(O)O[C@@H]2CN)OC(=O)C(C)C. The lowest BCUT2D eigenvalue weighted by molar-refractivity contribution is -0.165. The maximum atomic E-state index is 12.2. The molecule has 0 radical (unpaired) electrons. The lowest BCUT2D eigenvalue weighted by Crippen LogP contribution is -2.35. The second-order valence-corrected chi connectivity index (χ2v) is 7.64. The van der Waals surface area contributed by atoms with Gasteiger partial charge in [0, 0.05) is 12.0 Å². The Morgan fingerprint density at radius 3 is 2.50 bits per heavy atom. The van der Waals surface area contributed by atoms with Gasteiger partial charge in [-0.25, -0.2) is 0 Å². The van der Waals surface area contributed by atoms with Crippen LogP contribution in [0.25, 0.3) is 0 Å². The highest BCUT2D eigenvalue weighted by molar-refractivity contribution is 6.62. The normalized spacial score (nSPS) is 16.5. The number of fused-ring (bicyclic) bond motifs is 1. The van der Waals surface area contributed by atoms with Gasteiger partial charge in [0.1, 0.15) is 19.0 Å². The molecule has 1 aliphatic heterocycles. The van der Waals surface area contributed by atoms with Gasteiger partial charge in [-0.05, 0) is 24.5 Å². The molecule has 166 valence electrons. The minimum atomic E-state index is -1.14. The first-order chi connectivity index (χ1) is 14.3. The number of rotatable bonds is 11. The molecule has 0 saturated carbocycles. The summed E-state index contributed by atoms with van der Waals surface area (Å²) in [7, 11) is -1.14. The average molecular weight is 421 g/mol. The van der Waals surface area contributed by atoms with Gasteiger partial charge in [0.2, 0.25) is 0 Å². The minimum Gasteiger partial charge on any atom is -0.490 e. The second kappa shape index (κ2) is 11.3. The summed E-state index contributed by atoms with van der Waals surface area (Å²) in [6.45, 7) is 7.38. The molecule has 8 nitrogen and oxygen atoms in total. The van der Waals surface area contributed by atoms with Crippen molar-refractivity contribution in [3.63, 3.8) is 0 Å². The van der Waals surface area contributed by atoms with Crippen LogP contribution in [0.15, 0.2) is 18.2 Å². The Morgan fingerprint density at radius 2 is 1.90 bits per heavy atom. The molecule has 0 fully saturated rings. The van der Waals surface area contributed by atoms with Gasteiger partial charge in [0.05, 0.1) is 17.9 Å². The van der Waals surface area contributed by atoms with Crippen molar-refractivity contribution in [3.05, 3.63) is 23.8 Å². The van der Waals surface area contributed by atoms with Gasteiger partial charge < -0.3 is 29.6 Å². The van der Waals surface area contributed by atoms with Crippen molar-refractivity contribution >= 4 is 24.5 Å². The molecular weight excluding hydrogens is 389 g/mol. The smallest absolute Gasteiger partial charge is 0.490 e. The van der Waals surface area contributed by atoms with E-state index in [0.717, 1.165) is 5.56 Å². The van der Waals surface area contributed by atoms with Gasteiger partial charge in [-0.2, -0.15) is 0 Å². The van der Waals surface area contributed by atoms with Gasteiger partial charge >= 0.3 is 19.1 Å². The second-order valence-electron chi connectivity index (χ2n) is 7.64. The van der Waals surface area contributed by atoms with Crippen LogP contribution in [0.1, 0.15) is 52.2 Å². The van der Waals surface area contributed by atoms with E-state index >= 15 is 0 Å². The molecule has 2 atom stereocenters. The summed E-state index contributed by atoms with van der Waals surface area (Å²) in [5.41, 5.74) is 6.97. The quantitative estimate of drug-likeness (QED) is 0.406. The predicted molar refractivity (Wildman–Crippen MR) is 112 cm³/mol. The number of carbonyl (C=O) groups excluding carboxylic acids is 2. The molecule has 0 saturated heterocycles. The highest BCUT2D eigenvalue weighted by Crippen LogP contribution is 2.27. The molecule has 0 unspecified atom stereocenters. The molecule has 1 aromatic carbocycles. The zero-order valence-electron chi connectivity index (χ0n) is 18.1. The molecule has 0 spiro atoms. The highest BCUT2D eigenvalue weighted by Gasteiger charge is 2.37. The number of benzene rings is 1. The third-order valence-electron chi connectivity index (χ3n) is 5.11. The van der Waals surface area contributed by atoms with Crippen LogP contribution in [0.3, 0.4) is 0 Å². The summed E-state index contributed by atoms with van der Waals surface area (Å²) in [5, 5.41) is 10.2. The standard InChI is InChI=1S/C21H32BNO7/c1-5-14(6-2)21(25)28-12-15(29-20(24)13(3)4)11-27-17-9-7-8-16-18(10-23)30-22(26)19(16)17/h7-9,13-15,18,26H,5-6,10-12,23H2,1-4H3/t15-,18+/m0/s1. The Morgan fingerprint density at radius 1 is 1.20 bits per heavy atom. The summed E-state index contributed by atoms with van der Waals surface area (Å²) >= 11 is 0. The molecule has 1 aromatic rings. The topological polar surface area (TPSA) is 117 Å². The van der Waals surface area contributed by atoms with E-state index in [9.17, 15) is 14.6 Å². The largest absolute Gasteiger partial charge is 0.495 e. The van der Waals surface area contributed by atoms with E-state index in [1.165, 1.54) is 0 Å². The lowest BCUT2D eigenvalue weighted by Gasteiger charge is -2.21. The van der Waals surface area contributed by atoms with Crippen LogP contribution in [0.5, 0.6) is 5.75 Å². The number of hydrogen-bond donors (Lipinski definition) is 2. The number of hydrogen-bond acceptors (Lipinski definition) is 8. The van der Waals surface area contributed by atoms with Crippen molar-refractivity contribution in [1.29, 1.82) is 0 Å². The third-order valence-corrected chi connectivity index (χ3v) is 5.11. The van der Waals surface area contributed by atoms with Crippen molar-refractivity contribution in [2.45, 2.75) is 52.7 Å². The Kier molecular flexibility index (Phi) is 9.14. The van der Waals surface area contributed by atoms with Crippen LogP contribution < -0.4 is 15.9 Å². The van der Waals surface area contributed by atoms with Crippen LogP contribution in [-0.2, 0) is 23.7 Å². The predicted octanol–water partition coefficient (Wildman–Crippen LogP) is 1.33. The highest BCUT2D eigenvalue weighted by atomic mass is 16.6. The Bertz CT molecular complexity index is 723. The molecule has 9 heteroatoms. The Labute approximate surface area is 178 Å². The summed E-state index contributed by atoms with van der Waals surface area (Å²) < 4.78 is 22.1. The Hall–Kier alpha value is -2.10. The fourth-order valence-corrected chi connectivity index (χ4v) is 3.23. The first-order valence-corrected chi connectivity index (χ1v) is 10.5.